The topological polar surface area (TPSA) is 54.0 Å². The smallest absolute Gasteiger partial charge is 0.314 e. The highest BCUT2D eigenvalue weighted by Crippen LogP contribution is 2.36. The van der Waals surface area contributed by atoms with Crippen molar-refractivity contribution < 1.29 is 4.79 Å². The second kappa shape index (κ2) is 6.80. The van der Waals surface area contributed by atoms with E-state index in [1.54, 1.807) is 11.3 Å². The van der Waals surface area contributed by atoms with Crippen LogP contribution in [0.4, 0.5) is 4.79 Å². The number of carbonyl (C=O) groups is 1. The molecular formula is C14H23N3OS2. The van der Waals surface area contributed by atoms with Crippen LogP contribution in [0, 0.1) is 13.8 Å². The molecule has 1 aliphatic heterocycles. The molecule has 112 valence electrons. The Kier molecular flexibility index (Phi) is 5.32. The molecule has 4 nitrogen and oxygen atoms in total. The van der Waals surface area contributed by atoms with E-state index in [1.165, 1.54) is 23.5 Å². The van der Waals surface area contributed by atoms with Crippen LogP contribution in [0.5, 0.6) is 0 Å². The molecule has 2 amide bonds. The lowest BCUT2D eigenvalue weighted by molar-refractivity contribution is 0.240. The summed E-state index contributed by atoms with van der Waals surface area (Å²) >= 11 is 3.68. The molecule has 0 saturated carbocycles. The number of amides is 2. The van der Waals surface area contributed by atoms with Gasteiger partial charge in [-0.1, -0.05) is 0 Å². The molecular weight excluding hydrogens is 290 g/mol. The molecule has 20 heavy (non-hydrogen) atoms. The first kappa shape index (κ1) is 15.6. The van der Waals surface area contributed by atoms with Crippen LogP contribution in [0.25, 0.3) is 0 Å². The lowest BCUT2D eigenvalue weighted by Gasteiger charge is -2.22. The molecule has 2 heterocycles. The molecule has 1 fully saturated rings. The Labute approximate surface area is 129 Å². The van der Waals surface area contributed by atoms with Crippen molar-refractivity contribution in [1.82, 2.24) is 15.6 Å². The number of aromatic nitrogens is 1. The SMILES string of the molecule is Cc1nc(C)c(CCNC(=O)NC[C@@]2(C)CCCS2)s1. The van der Waals surface area contributed by atoms with E-state index in [4.69, 9.17) is 0 Å². The predicted molar refractivity (Wildman–Crippen MR) is 86.8 cm³/mol. The van der Waals surface area contributed by atoms with Gasteiger partial charge in [-0.3, -0.25) is 0 Å². The highest BCUT2D eigenvalue weighted by molar-refractivity contribution is 8.00. The summed E-state index contributed by atoms with van der Waals surface area (Å²) in [7, 11) is 0. The maximum atomic E-state index is 11.8. The van der Waals surface area contributed by atoms with Gasteiger partial charge in [0.05, 0.1) is 10.7 Å². The average molecular weight is 313 g/mol. The van der Waals surface area contributed by atoms with Gasteiger partial charge >= 0.3 is 6.03 Å². The Morgan fingerprint density at radius 3 is 2.80 bits per heavy atom. The van der Waals surface area contributed by atoms with Crippen molar-refractivity contribution >= 4 is 29.1 Å². The standard InChI is InChI=1S/C14H23N3OS2/c1-10-12(20-11(2)17-10)5-7-15-13(18)16-9-14(3)6-4-8-19-14/h4-9H2,1-3H3,(H2,15,16,18)/t14-/m1/s1. The molecule has 0 bridgehead atoms. The highest BCUT2D eigenvalue weighted by atomic mass is 32.2. The maximum absolute atomic E-state index is 11.8. The fraction of sp³-hybridized carbons (Fsp3) is 0.714. The first-order valence-corrected chi connectivity index (χ1v) is 8.87. The van der Waals surface area contributed by atoms with Gasteiger partial charge in [0, 0.05) is 29.1 Å². The number of carbonyl (C=O) groups excluding carboxylic acids is 1. The normalized spacial score (nSPS) is 21.9. The highest BCUT2D eigenvalue weighted by Gasteiger charge is 2.29. The minimum Gasteiger partial charge on any atom is -0.338 e. The number of urea groups is 1. The fourth-order valence-electron chi connectivity index (χ4n) is 2.40. The summed E-state index contributed by atoms with van der Waals surface area (Å²) in [6.45, 7) is 7.69. The molecule has 1 aromatic heterocycles. The predicted octanol–water partition coefficient (Wildman–Crippen LogP) is 2.89. The Morgan fingerprint density at radius 2 is 2.20 bits per heavy atom. The van der Waals surface area contributed by atoms with Crippen LogP contribution in [0.3, 0.4) is 0 Å². The molecule has 1 aliphatic rings. The largest absolute Gasteiger partial charge is 0.338 e. The molecule has 0 radical (unpaired) electrons. The Bertz CT molecular complexity index is 467. The van der Waals surface area contributed by atoms with Crippen molar-refractivity contribution in [3.63, 3.8) is 0 Å². The van der Waals surface area contributed by atoms with Crippen molar-refractivity contribution in [3.8, 4) is 0 Å². The van der Waals surface area contributed by atoms with Crippen molar-refractivity contribution in [2.75, 3.05) is 18.8 Å². The van der Waals surface area contributed by atoms with Crippen molar-refractivity contribution in [2.45, 2.75) is 44.8 Å². The number of hydrogen-bond acceptors (Lipinski definition) is 4. The quantitative estimate of drug-likeness (QED) is 0.879. The average Bonchev–Trinajstić information content (AvgIpc) is 2.95. The van der Waals surface area contributed by atoms with E-state index in [2.05, 4.69) is 22.5 Å². The summed E-state index contributed by atoms with van der Waals surface area (Å²) in [5.41, 5.74) is 1.09. The summed E-state index contributed by atoms with van der Waals surface area (Å²) in [6, 6.07) is -0.0578. The van der Waals surface area contributed by atoms with E-state index in [1.807, 2.05) is 25.6 Å². The molecule has 6 heteroatoms. The van der Waals surface area contributed by atoms with Gasteiger partial charge < -0.3 is 10.6 Å². The molecule has 0 aromatic carbocycles. The zero-order valence-corrected chi connectivity index (χ0v) is 14.0. The molecule has 1 saturated heterocycles. The summed E-state index contributed by atoms with van der Waals surface area (Å²) in [4.78, 5) is 17.4. The lowest BCUT2D eigenvalue weighted by Crippen LogP contribution is -2.43. The van der Waals surface area contributed by atoms with Crippen LogP contribution < -0.4 is 10.6 Å². The number of rotatable bonds is 5. The van der Waals surface area contributed by atoms with Crippen LogP contribution in [-0.4, -0.2) is 34.6 Å². The van der Waals surface area contributed by atoms with Crippen LogP contribution in [0.2, 0.25) is 0 Å². The van der Waals surface area contributed by atoms with Crippen LogP contribution in [0.1, 0.15) is 35.3 Å². The summed E-state index contributed by atoms with van der Waals surface area (Å²) in [5.74, 6) is 1.21. The maximum Gasteiger partial charge on any atom is 0.314 e. The summed E-state index contributed by atoms with van der Waals surface area (Å²) in [6.07, 6.45) is 3.31. The van der Waals surface area contributed by atoms with E-state index < -0.39 is 0 Å². The second-order valence-electron chi connectivity index (χ2n) is 5.50. The number of nitrogens with one attached hydrogen (secondary N) is 2. The van der Waals surface area contributed by atoms with Gasteiger partial charge in [0.2, 0.25) is 0 Å². The van der Waals surface area contributed by atoms with Gasteiger partial charge in [-0.2, -0.15) is 11.8 Å². The summed E-state index contributed by atoms with van der Waals surface area (Å²) in [5, 5.41) is 7.01. The zero-order valence-electron chi connectivity index (χ0n) is 12.4. The van der Waals surface area contributed by atoms with Crippen LogP contribution >= 0.6 is 23.1 Å². The summed E-state index contributed by atoms with van der Waals surface area (Å²) < 4.78 is 0.225. The van der Waals surface area contributed by atoms with Gasteiger partial charge in [-0.05, 0) is 39.4 Å². The van der Waals surface area contributed by atoms with Gasteiger partial charge in [0.15, 0.2) is 0 Å². The molecule has 0 unspecified atom stereocenters. The molecule has 2 N–H and O–H groups in total. The van der Waals surface area contributed by atoms with E-state index in [-0.39, 0.29) is 10.8 Å². The number of hydrogen-bond donors (Lipinski definition) is 2. The van der Waals surface area contributed by atoms with E-state index in [0.29, 0.717) is 6.54 Å². The third kappa shape index (κ3) is 4.38. The van der Waals surface area contributed by atoms with Crippen LogP contribution in [-0.2, 0) is 6.42 Å². The van der Waals surface area contributed by atoms with Crippen LogP contribution in [0.15, 0.2) is 0 Å². The van der Waals surface area contributed by atoms with Gasteiger partial charge in [0.25, 0.3) is 0 Å². The van der Waals surface area contributed by atoms with Gasteiger partial charge in [-0.15, -0.1) is 11.3 Å². The monoisotopic (exact) mass is 313 g/mol. The van der Waals surface area contributed by atoms with Crippen molar-refractivity contribution in [3.05, 3.63) is 15.6 Å². The Balaban J connectivity index is 1.66. The minimum absolute atomic E-state index is 0.0578. The third-order valence-corrected chi connectivity index (χ3v) is 6.23. The van der Waals surface area contributed by atoms with E-state index >= 15 is 0 Å². The van der Waals surface area contributed by atoms with Gasteiger partial charge in [0.1, 0.15) is 0 Å². The first-order valence-electron chi connectivity index (χ1n) is 7.07. The van der Waals surface area contributed by atoms with Gasteiger partial charge in [-0.25, -0.2) is 9.78 Å². The molecule has 2 rings (SSSR count). The second-order valence-corrected chi connectivity index (χ2v) is 8.47. The molecule has 0 aliphatic carbocycles. The van der Waals surface area contributed by atoms with E-state index in [9.17, 15) is 4.79 Å². The van der Waals surface area contributed by atoms with Crippen molar-refractivity contribution in [1.29, 1.82) is 0 Å². The fourth-order valence-corrected chi connectivity index (χ4v) is 4.58. The first-order chi connectivity index (χ1) is 9.48. The number of nitrogens with zero attached hydrogens (tertiary/aromatic N) is 1. The number of aryl methyl sites for hydroxylation is 2. The van der Waals surface area contributed by atoms with Crippen molar-refractivity contribution in [2.24, 2.45) is 0 Å². The Morgan fingerprint density at radius 1 is 1.40 bits per heavy atom. The minimum atomic E-state index is -0.0578. The van der Waals surface area contributed by atoms with E-state index in [0.717, 1.165) is 23.7 Å². The molecule has 1 aromatic rings. The number of thiazole rings is 1. The molecule has 0 spiro atoms. The number of thioether (sulfide) groups is 1. The zero-order chi connectivity index (χ0) is 14.6. The third-order valence-electron chi connectivity index (χ3n) is 3.56. The lowest BCUT2D eigenvalue weighted by atomic mass is 10.1. The Hall–Kier alpha value is -0.750. The molecule has 1 atom stereocenters.